The second-order valence-electron chi connectivity index (χ2n) is 5.91. The number of carboxylic acid groups (broad SMARTS) is 1. The molecule has 2 aromatic carbocycles. The first-order valence-electron chi connectivity index (χ1n) is 8.12. The van der Waals surface area contributed by atoms with Crippen molar-refractivity contribution in [1.29, 1.82) is 0 Å². The summed E-state index contributed by atoms with van der Waals surface area (Å²) in [6, 6.07) is 12.2. The lowest BCUT2D eigenvalue weighted by Crippen LogP contribution is -2.25. The zero-order valence-electron chi connectivity index (χ0n) is 14.3. The molecule has 0 bridgehead atoms. The molecule has 26 heavy (non-hydrogen) atoms. The number of carboxylic acids is 1. The fraction of sp³-hybridized carbons (Fsp3) is 0.150. The summed E-state index contributed by atoms with van der Waals surface area (Å²) in [7, 11) is 0. The summed E-state index contributed by atoms with van der Waals surface area (Å²) in [5.74, 6) is -1.73. The standard InChI is InChI=1S/C20H17ClN2O3/c1-3-13-4-6-14(7-5-13)10-16-12(2)22-23(19(16)24)15-8-9-18(21)17(11-15)20(25)26/h4-11H,3H2,1-2H3,(H,25,26)/p-1/b16-10-. The minimum absolute atomic E-state index is 0.0490. The third kappa shape index (κ3) is 3.39. The van der Waals surface area contributed by atoms with Gasteiger partial charge in [-0.2, -0.15) is 10.1 Å². The summed E-state index contributed by atoms with van der Waals surface area (Å²) in [4.78, 5) is 23.9. The first kappa shape index (κ1) is 17.9. The number of amides is 1. The van der Waals surface area contributed by atoms with Crippen molar-refractivity contribution in [3.63, 3.8) is 0 Å². The van der Waals surface area contributed by atoms with Crippen LogP contribution in [0.25, 0.3) is 6.08 Å². The smallest absolute Gasteiger partial charge is 0.280 e. The topological polar surface area (TPSA) is 72.8 Å². The van der Waals surface area contributed by atoms with Crippen LogP contribution in [0.4, 0.5) is 5.69 Å². The van der Waals surface area contributed by atoms with Crippen molar-refractivity contribution in [2.75, 3.05) is 5.01 Å². The molecule has 0 unspecified atom stereocenters. The fourth-order valence-electron chi connectivity index (χ4n) is 2.68. The van der Waals surface area contributed by atoms with Crippen LogP contribution < -0.4 is 10.1 Å². The first-order valence-corrected chi connectivity index (χ1v) is 8.50. The molecule has 0 spiro atoms. The maximum absolute atomic E-state index is 12.8. The van der Waals surface area contributed by atoms with Gasteiger partial charge >= 0.3 is 0 Å². The predicted octanol–water partition coefficient (Wildman–Crippen LogP) is 3.07. The SMILES string of the molecule is CCc1ccc(/C=C2\C(=O)N(c3ccc(Cl)c(C(=O)[O-])c3)N=C2C)cc1. The Morgan fingerprint density at radius 2 is 1.92 bits per heavy atom. The molecule has 1 heterocycles. The van der Waals surface area contributed by atoms with Gasteiger partial charge in [0, 0.05) is 10.6 Å². The Morgan fingerprint density at radius 3 is 2.54 bits per heavy atom. The van der Waals surface area contributed by atoms with Crippen LogP contribution in [0.3, 0.4) is 0 Å². The normalized spacial score (nSPS) is 15.5. The summed E-state index contributed by atoms with van der Waals surface area (Å²) >= 11 is 5.85. The minimum Gasteiger partial charge on any atom is -0.545 e. The summed E-state index contributed by atoms with van der Waals surface area (Å²) in [6.45, 7) is 3.81. The monoisotopic (exact) mass is 367 g/mol. The average Bonchev–Trinajstić information content (AvgIpc) is 2.91. The van der Waals surface area contributed by atoms with Crippen molar-refractivity contribution in [2.24, 2.45) is 5.10 Å². The Hall–Kier alpha value is -2.92. The van der Waals surface area contributed by atoms with Crippen LogP contribution in [0, 0.1) is 0 Å². The highest BCUT2D eigenvalue weighted by Gasteiger charge is 2.29. The van der Waals surface area contributed by atoms with Gasteiger partial charge in [-0.1, -0.05) is 42.8 Å². The summed E-state index contributed by atoms with van der Waals surface area (Å²) in [5.41, 5.74) is 3.26. The number of hydrogen-bond acceptors (Lipinski definition) is 4. The quantitative estimate of drug-likeness (QED) is 0.779. The lowest BCUT2D eigenvalue weighted by Gasteiger charge is -2.14. The number of carbonyl (C=O) groups excluding carboxylic acids is 2. The summed E-state index contributed by atoms with van der Waals surface area (Å²) in [5, 5.41) is 16.6. The van der Waals surface area contributed by atoms with Crippen LogP contribution in [-0.4, -0.2) is 17.6 Å². The molecular formula is C20H16ClN2O3-. The second kappa shape index (κ2) is 7.14. The number of hydrogen-bond donors (Lipinski definition) is 0. The number of aromatic carboxylic acids is 1. The number of benzene rings is 2. The number of hydrazone groups is 1. The van der Waals surface area contributed by atoms with Gasteiger partial charge in [-0.25, -0.2) is 0 Å². The van der Waals surface area contributed by atoms with Gasteiger partial charge < -0.3 is 9.90 Å². The number of anilines is 1. The molecule has 0 atom stereocenters. The highest BCUT2D eigenvalue weighted by molar-refractivity contribution is 6.34. The van der Waals surface area contributed by atoms with Crippen LogP contribution in [-0.2, 0) is 11.2 Å². The number of nitrogens with zero attached hydrogens (tertiary/aromatic N) is 2. The Labute approximate surface area is 156 Å². The van der Waals surface area contributed by atoms with E-state index < -0.39 is 5.97 Å². The van der Waals surface area contributed by atoms with Gasteiger partial charge in [0.05, 0.1) is 22.9 Å². The number of rotatable bonds is 4. The second-order valence-corrected chi connectivity index (χ2v) is 6.31. The van der Waals surface area contributed by atoms with Crippen LogP contribution in [0.2, 0.25) is 5.02 Å². The molecule has 2 aromatic rings. The van der Waals surface area contributed by atoms with Gasteiger partial charge in [0.25, 0.3) is 5.91 Å². The van der Waals surface area contributed by atoms with Gasteiger partial charge in [-0.05, 0) is 48.7 Å². The molecule has 3 rings (SSSR count). The molecule has 6 heteroatoms. The van der Waals surface area contributed by atoms with Gasteiger partial charge in [-0.3, -0.25) is 4.79 Å². The predicted molar refractivity (Wildman–Crippen MR) is 100 cm³/mol. The van der Waals surface area contributed by atoms with E-state index in [1.54, 1.807) is 19.1 Å². The van der Waals surface area contributed by atoms with Crippen LogP contribution in [0.15, 0.2) is 53.1 Å². The van der Waals surface area contributed by atoms with E-state index in [4.69, 9.17) is 11.6 Å². The molecule has 0 radical (unpaired) electrons. The molecule has 5 nitrogen and oxygen atoms in total. The van der Waals surface area contributed by atoms with E-state index in [2.05, 4.69) is 12.0 Å². The lowest BCUT2D eigenvalue weighted by atomic mass is 10.0. The van der Waals surface area contributed by atoms with Crippen LogP contribution in [0.5, 0.6) is 0 Å². The highest BCUT2D eigenvalue weighted by atomic mass is 35.5. The summed E-state index contributed by atoms with van der Waals surface area (Å²) in [6.07, 6.45) is 2.72. The molecule has 0 saturated heterocycles. The third-order valence-electron chi connectivity index (χ3n) is 4.18. The Morgan fingerprint density at radius 1 is 1.23 bits per heavy atom. The van der Waals surface area contributed by atoms with Gasteiger partial charge in [0.2, 0.25) is 0 Å². The average molecular weight is 368 g/mol. The van der Waals surface area contributed by atoms with E-state index >= 15 is 0 Å². The molecule has 0 aliphatic carbocycles. The van der Waals surface area contributed by atoms with Crippen molar-refractivity contribution in [3.8, 4) is 0 Å². The molecule has 1 aliphatic rings. The van der Waals surface area contributed by atoms with E-state index in [9.17, 15) is 14.7 Å². The molecular weight excluding hydrogens is 352 g/mol. The largest absolute Gasteiger partial charge is 0.545 e. The van der Waals surface area contributed by atoms with Gasteiger partial charge in [-0.15, -0.1) is 0 Å². The fourth-order valence-corrected chi connectivity index (χ4v) is 2.87. The van der Waals surface area contributed by atoms with Gasteiger partial charge in [0.15, 0.2) is 0 Å². The molecule has 0 aromatic heterocycles. The first-order chi connectivity index (χ1) is 12.4. The van der Waals surface area contributed by atoms with Crippen molar-refractivity contribution in [2.45, 2.75) is 20.3 Å². The van der Waals surface area contributed by atoms with E-state index in [0.29, 0.717) is 17.0 Å². The third-order valence-corrected chi connectivity index (χ3v) is 4.51. The Bertz CT molecular complexity index is 946. The molecule has 1 aliphatic heterocycles. The zero-order chi connectivity index (χ0) is 18.8. The maximum Gasteiger partial charge on any atom is 0.280 e. The van der Waals surface area contributed by atoms with E-state index in [1.807, 2.05) is 24.3 Å². The van der Waals surface area contributed by atoms with Gasteiger partial charge in [0.1, 0.15) is 0 Å². The van der Waals surface area contributed by atoms with E-state index in [-0.39, 0.29) is 16.5 Å². The zero-order valence-corrected chi connectivity index (χ0v) is 15.1. The highest BCUT2D eigenvalue weighted by Crippen LogP contribution is 2.28. The van der Waals surface area contributed by atoms with E-state index in [1.165, 1.54) is 22.7 Å². The minimum atomic E-state index is -1.41. The van der Waals surface area contributed by atoms with Crippen LogP contribution >= 0.6 is 11.6 Å². The van der Waals surface area contributed by atoms with E-state index in [0.717, 1.165) is 12.0 Å². The van der Waals surface area contributed by atoms with Crippen molar-refractivity contribution in [3.05, 3.63) is 69.8 Å². The Balaban J connectivity index is 1.94. The molecule has 0 saturated carbocycles. The molecule has 1 amide bonds. The maximum atomic E-state index is 12.8. The van der Waals surface area contributed by atoms with Crippen molar-refractivity contribution >= 4 is 41.0 Å². The number of aryl methyl sites for hydroxylation is 1. The molecule has 132 valence electrons. The van der Waals surface area contributed by atoms with Crippen molar-refractivity contribution < 1.29 is 14.7 Å². The number of halogens is 1. The van der Waals surface area contributed by atoms with Crippen LogP contribution in [0.1, 0.15) is 35.3 Å². The van der Waals surface area contributed by atoms with Crippen molar-refractivity contribution in [1.82, 2.24) is 0 Å². The summed E-state index contributed by atoms with van der Waals surface area (Å²) < 4.78 is 0. The molecule has 0 fully saturated rings. The molecule has 0 N–H and O–H groups in total. The number of carbonyl (C=O) groups is 2. The lowest BCUT2D eigenvalue weighted by molar-refractivity contribution is -0.255. The Kier molecular flexibility index (Phi) is 4.91.